The molecule has 0 atom stereocenters. The first-order valence-corrected chi connectivity index (χ1v) is 9.21. The molecule has 1 amide bonds. The van der Waals surface area contributed by atoms with E-state index in [1.54, 1.807) is 12.1 Å². The van der Waals surface area contributed by atoms with Gasteiger partial charge >= 0.3 is 5.69 Å². The van der Waals surface area contributed by atoms with Crippen molar-refractivity contribution in [2.75, 3.05) is 14.2 Å². The lowest BCUT2D eigenvalue weighted by atomic mass is 10.2. The molecule has 0 saturated carbocycles. The number of fused-ring (bicyclic) bond motifs is 1. The molecule has 0 aliphatic heterocycles. The van der Waals surface area contributed by atoms with Gasteiger partial charge in [-0.2, -0.15) is 0 Å². The number of nitrogens with zero attached hydrogens (tertiary/aromatic N) is 1. The third kappa shape index (κ3) is 4.43. The lowest BCUT2D eigenvalue weighted by Crippen LogP contribution is -2.36. The van der Waals surface area contributed by atoms with Crippen LogP contribution in [0, 0.1) is 0 Å². The van der Waals surface area contributed by atoms with E-state index in [9.17, 15) is 14.4 Å². The van der Waals surface area contributed by atoms with Crippen LogP contribution < -0.4 is 26.0 Å². The Morgan fingerprint density at radius 2 is 1.83 bits per heavy atom. The summed E-state index contributed by atoms with van der Waals surface area (Å²) in [5.41, 5.74) is -0.00131. The summed E-state index contributed by atoms with van der Waals surface area (Å²) in [7, 11) is 2.92. The molecule has 3 aromatic rings. The number of aromatic amines is 1. The summed E-state index contributed by atoms with van der Waals surface area (Å²) in [4.78, 5) is 39.9. The largest absolute Gasteiger partial charge is 0.493 e. The molecule has 0 saturated heterocycles. The van der Waals surface area contributed by atoms with Gasteiger partial charge in [0.1, 0.15) is 0 Å². The van der Waals surface area contributed by atoms with Crippen LogP contribution >= 0.6 is 11.6 Å². The molecular weight excluding hydrogens is 398 g/mol. The van der Waals surface area contributed by atoms with Crippen molar-refractivity contribution in [1.29, 1.82) is 0 Å². The van der Waals surface area contributed by atoms with Crippen molar-refractivity contribution in [3.63, 3.8) is 0 Å². The summed E-state index contributed by atoms with van der Waals surface area (Å²) in [6.45, 7) is 0.200. The summed E-state index contributed by atoms with van der Waals surface area (Å²) in [5, 5.41) is 3.55. The Morgan fingerprint density at radius 1 is 1.14 bits per heavy atom. The van der Waals surface area contributed by atoms with Crippen LogP contribution in [-0.2, 0) is 17.9 Å². The van der Waals surface area contributed by atoms with E-state index in [1.165, 1.54) is 26.4 Å². The van der Waals surface area contributed by atoms with Gasteiger partial charge in [0.05, 0.1) is 25.1 Å². The summed E-state index contributed by atoms with van der Waals surface area (Å²) in [6.07, 6.45) is -0.0355. The Labute approximate surface area is 171 Å². The Hall–Kier alpha value is -3.26. The van der Waals surface area contributed by atoms with Crippen LogP contribution in [0.2, 0.25) is 5.02 Å². The zero-order chi connectivity index (χ0) is 21.0. The van der Waals surface area contributed by atoms with E-state index in [0.29, 0.717) is 22.0 Å². The first kappa shape index (κ1) is 20.5. The zero-order valence-electron chi connectivity index (χ0n) is 16.0. The van der Waals surface area contributed by atoms with E-state index in [2.05, 4.69) is 10.3 Å². The van der Waals surface area contributed by atoms with E-state index >= 15 is 0 Å². The molecule has 0 bridgehead atoms. The number of H-pyrrole nitrogens is 1. The lowest BCUT2D eigenvalue weighted by Gasteiger charge is -2.11. The van der Waals surface area contributed by atoms with Crippen LogP contribution in [-0.4, -0.2) is 29.7 Å². The highest BCUT2D eigenvalue weighted by Gasteiger charge is 2.14. The van der Waals surface area contributed by atoms with Gasteiger partial charge in [-0.15, -0.1) is 0 Å². The molecule has 0 radical (unpaired) electrons. The van der Waals surface area contributed by atoms with Crippen LogP contribution in [0.5, 0.6) is 11.5 Å². The number of carbonyl (C=O) groups is 1. The molecule has 9 heteroatoms. The predicted molar refractivity (Wildman–Crippen MR) is 110 cm³/mol. The minimum Gasteiger partial charge on any atom is -0.493 e. The molecule has 0 aliphatic rings. The fraction of sp³-hybridized carbons (Fsp3) is 0.250. The maximum Gasteiger partial charge on any atom is 0.328 e. The van der Waals surface area contributed by atoms with Crippen LogP contribution in [0.15, 0.2) is 46.0 Å². The van der Waals surface area contributed by atoms with Crippen molar-refractivity contribution in [1.82, 2.24) is 14.9 Å². The van der Waals surface area contributed by atoms with Gasteiger partial charge in [0.2, 0.25) is 5.91 Å². The van der Waals surface area contributed by atoms with Gasteiger partial charge in [0.25, 0.3) is 5.56 Å². The fourth-order valence-electron chi connectivity index (χ4n) is 2.92. The van der Waals surface area contributed by atoms with Crippen molar-refractivity contribution >= 4 is 28.4 Å². The topological polar surface area (TPSA) is 102 Å². The standard InChI is InChI=1S/C20H20ClN3O5/c1-28-16-9-13-15(10-17(16)29-2)23-20(27)24(19(13)26)8-7-18(25)22-11-12-5-3-4-6-14(12)21/h3-6,9-10H,7-8,11H2,1-2H3,(H,22,25)(H,23,27). The number of hydrogen-bond donors (Lipinski definition) is 2. The third-order valence-electron chi connectivity index (χ3n) is 4.48. The second kappa shape index (κ2) is 8.83. The Balaban J connectivity index is 1.77. The average molecular weight is 418 g/mol. The molecule has 0 unspecified atom stereocenters. The minimum absolute atomic E-state index is 0.0355. The molecule has 29 heavy (non-hydrogen) atoms. The van der Waals surface area contributed by atoms with Crippen LogP contribution in [0.3, 0.4) is 0 Å². The fourth-order valence-corrected chi connectivity index (χ4v) is 3.12. The highest BCUT2D eigenvalue weighted by molar-refractivity contribution is 6.31. The molecule has 2 aromatic carbocycles. The quantitative estimate of drug-likeness (QED) is 0.612. The second-order valence-corrected chi connectivity index (χ2v) is 6.67. The number of methoxy groups -OCH3 is 2. The number of halogens is 1. The molecule has 152 valence electrons. The molecular formula is C20H20ClN3O5. The SMILES string of the molecule is COc1cc2[nH]c(=O)n(CCC(=O)NCc3ccccc3Cl)c(=O)c2cc1OC. The summed E-state index contributed by atoms with van der Waals surface area (Å²) < 4.78 is 11.4. The zero-order valence-corrected chi connectivity index (χ0v) is 16.7. The number of carbonyl (C=O) groups excluding carboxylic acids is 1. The second-order valence-electron chi connectivity index (χ2n) is 6.26. The van der Waals surface area contributed by atoms with Crippen molar-refractivity contribution in [2.24, 2.45) is 0 Å². The molecule has 8 nitrogen and oxygen atoms in total. The van der Waals surface area contributed by atoms with E-state index in [-0.39, 0.29) is 30.8 Å². The first-order valence-electron chi connectivity index (χ1n) is 8.83. The van der Waals surface area contributed by atoms with Crippen molar-refractivity contribution < 1.29 is 14.3 Å². The van der Waals surface area contributed by atoms with E-state index in [4.69, 9.17) is 21.1 Å². The summed E-state index contributed by atoms with van der Waals surface area (Å²) in [6, 6.07) is 10.2. The first-order chi connectivity index (χ1) is 13.9. The van der Waals surface area contributed by atoms with E-state index in [1.807, 2.05) is 12.1 Å². The summed E-state index contributed by atoms with van der Waals surface area (Å²) >= 11 is 6.06. The normalized spacial score (nSPS) is 10.7. The van der Waals surface area contributed by atoms with Crippen LogP contribution in [0.4, 0.5) is 0 Å². The van der Waals surface area contributed by atoms with Gasteiger partial charge in [-0.05, 0) is 17.7 Å². The molecule has 0 aliphatic carbocycles. The molecule has 0 fully saturated rings. The van der Waals surface area contributed by atoms with E-state index < -0.39 is 11.2 Å². The monoisotopic (exact) mass is 417 g/mol. The highest BCUT2D eigenvalue weighted by atomic mass is 35.5. The predicted octanol–water partition coefficient (Wildman–Crippen LogP) is 2.07. The van der Waals surface area contributed by atoms with Gasteiger partial charge in [-0.25, -0.2) is 4.79 Å². The Kier molecular flexibility index (Phi) is 6.23. The number of nitrogens with one attached hydrogen (secondary N) is 2. The number of ether oxygens (including phenoxy) is 2. The molecule has 2 N–H and O–H groups in total. The van der Waals surface area contributed by atoms with Gasteiger partial charge in [0.15, 0.2) is 11.5 Å². The number of amides is 1. The van der Waals surface area contributed by atoms with Gasteiger partial charge in [0, 0.05) is 30.6 Å². The molecule has 0 spiro atoms. The number of benzene rings is 2. The van der Waals surface area contributed by atoms with Gasteiger partial charge < -0.3 is 19.8 Å². The number of hydrogen-bond acceptors (Lipinski definition) is 5. The summed E-state index contributed by atoms with van der Waals surface area (Å²) in [5.74, 6) is 0.462. The van der Waals surface area contributed by atoms with E-state index in [0.717, 1.165) is 10.1 Å². The molecule has 1 heterocycles. The molecule has 1 aromatic heterocycles. The molecule has 3 rings (SSSR count). The third-order valence-corrected chi connectivity index (χ3v) is 4.85. The number of rotatable bonds is 7. The van der Waals surface area contributed by atoms with Crippen molar-refractivity contribution in [2.45, 2.75) is 19.5 Å². The number of aromatic nitrogens is 2. The Bertz CT molecular complexity index is 1170. The van der Waals surface area contributed by atoms with Crippen molar-refractivity contribution in [3.8, 4) is 11.5 Å². The minimum atomic E-state index is -0.603. The lowest BCUT2D eigenvalue weighted by molar-refractivity contribution is -0.121. The average Bonchev–Trinajstić information content (AvgIpc) is 2.72. The maximum atomic E-state index is 12.8. The van der Waals surface area contributed by atoms with Crippen LogP contribution in [0.1, 0.15) is 12.0 Å². The van der Waals surface area contributed by atoms with Gasteiger partial charge in [-0.1, -0.05) is 29.8 Å². The van der Waals surface area contributed by atoms with Gasteiger partial charge in [-0.3, -0.25) is 14.2 Å². The highest BCUT2D eigenvalue weighted by Crippen LogP contribution is 2.29. The smallest absolute Gasteiger partial charge is 0.328 e. The van der Waals surface area contributed by atoms with Crippen molar-refractivity contribution in [3.05, 3.63) is 67.8 Å². The maximum absolute atomic E-state index is 12.8. The Morgan fingerprint density at radius 3 is 2.52 bits per heavy atom. The van der Waals surface area contributed by atoms with Crippen LogP contribution in [0.25, 0.3) is 10.9 Å².